The van der Waals surface area contributed by atoms with E-state index in [4.69, 9.17) is 16.3 Å². The minimum Gasteiger partial charge on any atom is -0.479 e. The van der Waals surface area contributed by atoms with Gasteiger partial charge in [0.1, 0.15) is 0 Å². The van der Waals surface area contributed by atoms with Gasteiger partial charge in [0.05, 0.1) is 12.7 Å². The lowest BCUT2D eigenvalue weighted by atomic mass is 10.3. The van der Waals surface area contributed by atoms with Crippen molar-refractivity contribution < 1.29 is 14.1 Å². The van der Waals surface area contributed by atoms with E-state index < -0.39 is 5.24 Å². The van der Waals surface area contributed by atoms with Crippen LogP contribution in [0.1, 0.15) is 16.1 Å². The van der Waals surface area contributed by atoms with E-state index in [-0.39, 0.29) is 11.6 Å². The smallest absolute Gasteiger partial charge is 0.291 e. The van der Waals surface area contributed by atoms with Gasteiger partial charge in [0, 0.05) is 0 Å². The largest absolute Gasteiger partial charge is 0.479 e. The van der Waals surface area contributed by atoms with Gasteiger partial charge in [-0.1, -0.05) is 0 Å². The third kappa shape index (κ3) is 1.35. The van der Waals surface area contributed by atoms with Gasteiger partial charge in [0.15, 0.2) is 0 Å². The first-order valence-corrected chi connectivity index (χ1v) is 3.24. The van der Waals surface area contributed by atoms with Crippen LogP contribution >= 0.6 is 11.6 Å². The zero-order chi connectivity index (χ0) is 8.43. The summed E-state index contributed by atoms with van der Waals surface area (Å²) in [6.07, 6.45) is 0. The molecule has 4 nitrogen and oxygen atoms in total. The third-order valence-electron chi connectivity index (χ3n) is 1.25. The summed E-state index contributed by atoms with van der Waals surface area (Å²) in [6.45, 7) is 1.64. The van der Waals surface area contributed by atoms with Crippen LogP contribution < -0.4 is 4.74 Å². The lowest BCUT2D eigenvalue weighted by molar-refractivity contribution is 0.104. The summed E-state index contributed by atoms with van der Waals surface area (Å²) in [5.41, 5.74) is 0.521. The fourth-order valence-corrected chi connectivity index (χ4v) is 0.871. The SMILES string of the molecule is COc1noc(C(=O)Cl)c1C. The van der Waals surface area contributed by atoms with E-state index in [2.05, 4.69) is 9.68 Å². The van der Waals surface area contributed by atoms with Gasteiger partial charge in [-0.05, 0) is 23.7 Å². The van der Waals surface area contributed by atoms with E-state index in [0.29, 0.717) is 5.56 Å². The second kappa shape index (κ2) is 2.92. The molecule has 60 valence electrons. The maximum absolute atomic E-state index is 10.6. The van der Waals surface area contributed by atoms with Crippen LogP contribution in [-0.4, -0.2) is 17.5 Å². The molecule has 1 aromatic rings. The van der Waals surface area contributed by atoms with E-state index in [1.165, 1.54) is 7.11 Å². The molecule has 0 aliphatic carbocycles. The quantitative estimate of drug-likeness (QED) is 0.637. The van der Waals surface area contributed by atoms with Crippen molar-refractivity contribution in [2.45, 2.75) is 6.92 Å². The highest BCUT2D eigenvalue weighted by Gasteiger charge is 2.16. The molecule has 0 aliphatic heterocycles. The maximum atomic E-state index is 10.6. The molecule has 0 radical (unpaired) electrons. The second-order valence-corrected chi connectivity index (χ2v) is 2.26. The highest BCUT2D eigenvalue weighted by molar-refractivity contribution is 6.67. The molecule has 0 bridgehead atoms. The van der Waals surface area contributed by atoms with Crippen molar-refractivity contribution >= 4 is 16.8 Å². The zero-order valence-electron chi connectivity index (χ0n) is 6.05. The minimum atomic E-state index is -0.668. The molecule has 11 heavy (non-hydrogen) atoms. The average molecular weight is 176 g/mol. The number of carbonyl (C=O) groups excluding carboxylic acids is 1. The van der Waals surface area contributed by atoms with Crippen molar-refractivity contribution in [3.63, 3.8) is 0 Å². The van der Waals surface area contributed by atoms with Gasteiger partial charge in [-0.3, -0.25) is 4.79 Å². The first-order chi connectivity index (χ1) is 5.16. The molecule has 0 unspecified atom stereocenters. The van der Waals surface area contributed by atoms with Gasteiger partial charge in [-0.2, -0.15) is 0 Å². The van der Waals surface area contributed by atoms with Gasteiger partial charge < -0.3 is 9.26 Å². The normalized spacial score (nSPS) is 9.73. The average Bonchev–Trinajstić information content (AvgIpc) is 2.30. The Morgan fingerprint density at radius 2 is 2.36 bits per heavy atom. The standard InChI is InChI=1S/C6H6ClNO3/c1-3-4(5(7)9)11-8-6(3)10-2/h1-2H3. The number of nitrogens with zero attached hydrogens (tertiary/aromatic N) is 1. The molecule has 0 N–H and O–H groups in total. The van der Waals surface area contributed by atoms with Crippen LogP contribution in [0.3, 0.4) is 0 Å². The van der Waals surface area contributed by atoms with E-state index >= 15 is 0 Å². The Morgan fingerprint density at radius 1 is 1.73 bits per heavy atom. The Labute approximate surface area is 68.1 Å². The number of hydrogen-bond acceptors (Lipinski definition) is 4. The minimum absolute atomic E-state index is 0.0310. The third-order valence-corrected chi connectivity index (χ3v) is 1.42. The van der Waals surface area contributed by atoms with E-state index in [0.717, 1.165) is 0 Å². The Morgan fingerprint density at radius 3 is 2.64 bits per heavy atom. The lowest BCUT2D eigenvalue weighted by Gasteiger charge is -1.90. The fourth-order valence-electron chi connectivity index (χ4n) is 0.695. The van der Waals surface area contributed by atoms with E-state index in [1.807, 2.05) is 0 Å². The number of rotatable bonds is 2. The van der Waals surface area contributed by atoms with Crippen LogP contribution in [0.5, 0.6) is 5.88 Å². The highest BCUT2D eigenvalue weighted by Crippen LogP contribution is 2.20. The molecule has 0 fully saturated rings. The molecule has 5 heteroatoms. The monoisotopic (exact) mass is 175 g/mol. The van der Waals surface area contributed by atoms with Crippen molar-refractivity contribution in [3.05, 3.63) is 11.3 Å². The van der Waals surface area contributed by atoms with Crippen LogP contribution in [0.15, 0.2) is 4.52 Å². The summed E-state index contributed by atoms with van der Waals surface area (Å²) in [5, 5.41) is 2.78. The van der Waals surface area contributed by atoms with E-state index in [1.54, 1.807) is 6.92 Å². The van der Waals surface area contributed by atoms with Gasteiger partial charge in [-0.25, -0.2) is 0 Å². The van der Waals surface area contributed by atoms with Crippen molar-refractivity contribution in [1.29, 1.82) is 0 Å². The number of carbonyl (C=O) groups is 1. The first-order valence-electron chi connectivity index (χ1n) is 2.87. The Bertz CT molecular complexity index is 281. The van der Waals surface area contributed by atoms with Crippen LogP contribution in [0.25, 0.3) is 0 Å². The summed E-state index contributed by atoms with van der Waals surface area (Å²) in [4.78, 5) is 10.6. The topological polar surface area (TPSA) is 52.3 Å². The number of methoxy groups -OCH3 is 1. The first kappa shape index (κ1) is 8.07. The second-order valence-electron chi connectivity index (χ2n) is 1.92. The molecule has 0 aromatic carbocycles. The molecule has 0 saturated carbocycles. The van der Waals surface area contributed by atoms with Crippen LogP contribution in [0.4, 0.5) is 0 Å². The van der Waals surface area contributed by atoms with Gasteiger partial charge in [0.25, 0.3) is 11.1 Å². The number of hydrogen-bond donors (Lipinski definition) is 0. The Balaban J connectivity index is 3.10. The highest BCUT2D eigenvalue weighted by atomic mass is 35.5. The predicted octanol–water partition coefficient (Wildman–Crippen LogP) is 1.37. The molecule has 0 spiro atoms. The van der Waals surface area contributed by atoms with Gasteiger partial charge in [0.2, 0.25) is 5.76 Å². The van der Waals surface area contributed by atoms with Crippen LogP contribution in [-0.2, 0) is 0 Å². The van der Waals surface area contributed by atoms with Gasteiger partial charge in [-0.15, -0.1) is 0 Å². The lowest BCUT2D eigenvalue weighted by Crippen LogP contribution is -1.89. The van der Waals surface area contributed by atoms with Crippen molar-refractivity contribution in [2.24, 2.45) is 0 Å². The molecule has 1 aromatic heterocycles. The van der Waals surface area contributed by atoms with Crippen molar-refractivity contribution in [3.8, 4) is 5.88 Å². The molecule has 0 saturated heterocycles. The molecule has 1 rings (SSSR count). The van der Waals surface area contributed by atoms with E-state index in [9.17, 15) is 4.79 Å². The van der Waals surface area contributed by atoms with Crippen LogP contribution in [0, 0.1) is 6.92 Å². The maximum Gasteiger partial charge on any atom is 0.291 e. The fraction of sp³-hybridized carbons (Fsp3) is 0.333. The number of halogens is 1. The van der Waals surface area contributed by atoms with Crippen molar-refractivity contribution in [2.75, 3.05) is 7.11 Å². The Hall–Kier alpha value is -1.03. The van der Waals surface area contributed by atoms with Gasteiger partial charge >= 0.3 is 0 Å². The zero-order valence-corrected chi connectivity index (χ0v) is 6.81. The van der Waals surface area contributed by atoms with Crippen LogP contribution in [0.2, 0.25) is 0 Å². The molecular weight excluding hydrogens is 170 g/mol. The summed E-state index contributed by atoms with van der Waals surface area (Å²) >= 11 is 5.15. The Kier molecular flexibility index (Phi) is 2.14. The summed E-state index contributed by atoms with van der Waals surface area (Å²) in [7, 11) is 1.44. The number of ether oxygens (including phenoxy) is 1. The summed E-state index contributed by atoms with van der Waals surface area (Å²) < 4.78 is 9.35. The molecule has 0 aliphatic rings. The summed E-state index contributed by atoms with van der Waals surface area (Å²) in [5.74, 6) is 0.317. The summed E-state index contributed by atoms with van der Waals surface area (Å²) in [6, 6.07) is 0. The molecule has 0 amide bonds. The predicted molar refractivity (Wildman–Crippen MR) is 38.0 cm³/mol. The molecule has 0 atom stereocenters. The van der Waals surface area contributed by atoms with Crippen molar-refractivity contribution in [1.82, 2.24) is 5.16 Å². The molecular formula is C6H6ClNO3. The molecule has 1 heterocycles. The number of aromatic nitrogens is 1.